The molecule has 3 heteroatoms. The van der Waals surface area contributed by atoms with Crippen LogP contribution < -0.4 is 0 Å². The Morgan fingerprint density at radius 1 is 0.889 bits per heavy atom. The third kappa shape index (κ3) is 14.4. The monoisotopic (exact) mass is 282 g/mol. The summed E-state index contributed by atoms with van der Waals surface area (Å²) in [5.74, 6) is 0. The summed E-state index contributed by atoms with van der Waals surface area (Å²) in [4.78, 5) is 0. The van der Waals surface area contributed by atoms with E-state index in [1.165, 1.54) is 5.56 Å². The molecule has 0 heterocycles. The number of rotatable bonds is 1. The predicted octanol–water partition coefficient (Wildman–Crippen LogP) is 3.59. The second-order valence-electron chi connectivity index (χ2n) is 2.66. The van der Waals surface area contributed by atoms with E-state index in [0.717, 1.165) is 0 Å². The van der Waals surface area contributed by atoms with Gasteiger partial charge in [0, 0.05) is 0 Å². The van der Waals surface area contributed by atoms with Gasteiger partial charge in [-0.15, -0.1) is 12.1 Å². The Labute approximate surface area is 119 Å². The topological polar surface area (TPSA) is 39.8 Å². The molecule has 0 saturated heterocycles. The molecule has 0 spiro atoms. The molecule has 0 amide bonds. The molecule has 90 valence electrons. The van der Waals surface area contributed by atoms with Gasteiger partial charge in [0.1, 0.15) is 0 Å². The summed E-state index contributed by atoms with van der Waals surface area (Å²) in [7, 11) is 0. The molecule has 18 heavy (non-hydrogen) atoms. The van der Waals surface area contributed by atoms with Gasteiger partial charge in [0.2, 0.25) is 0 Å². The fourth-order valence-corrected chi connectivity index (χ4v) is 0.966. The average molecular weight is 282 g/mol. The largest absolute Gasteiger partial charge is 6.00 e. The van der Waals surface area contributed by atoms with E-state index in [4.69, 9.17) is 9.30 Å². The van der Waals surface area contributed by atoms with Crippen LogP contribution in [0.25, 0.3) is 0 Å². The molecular weight excluding hydrogens is 268 g/mol. The summed E-state index contributed by atoms with van der Waals surface area (Å²) in [6, 6.07) is 20.3. The molecule has 0 radical (unpaired) electrons. The van der Waals surface area contributed by atoms with Crippen LogP contribution in [0.4, 0.5) is 0 Å². The number of benzene rings is 1. The summed E-state index contributed by atoms with van der Waals surface area (Å²) in [6.07, 6.45) is 2.08. The molecule has 2 aromatic rings. The molecule has 0 bridgehead atoms. The van der Waals surface area contributed by atoms with Gasteiger partial charge < -0.3 is 0 Å². The molecule has 0 fully saturated rings. The predicted molar refractivity (Wildman–Crippen MR) is 65.4 cm³/mol. The third-order valence-corrected chi connectivity index (χ3v) is 1.69. The first-order valence-electron chi connectivity index (χ1n) is 4.85. The standard InChI is InChI=1S/C8H9.C5H5.2CO.Fe/c1-2-8-6-4-3-5-7-8;1-2-4-5-3-1;2*1-2;/h2-7H,1H3;1-5H;;;/q2*-1;;;+6. The van der Waals surface area contributed by atoms with Crippen molar-refractivity contribution in [3.05, 3.63) is 85.9 Å². The maximum Gasteiger partial charge on any atom is 6.00 e. The minimum Gasteiger partial charge on any atom is -0.214 e. The first-order chi connectivity index (χ1) is 8.43. The Morgan fingerprint density at radius 2 is 1.33 bits per heavy atom. The normalized spacial score (nSPS) is 6.28. The summed E-state index contributed by atoms with van der Waals surface area (Å²) in [5, 5.41) is 0. The van der Waals surface area contributed by atoms with E-state index >= 15 is 0 Å². The van der Waals surface area contributed by atoms with Crippen LogP contribution in [0.1, 0.15) is 12.5 Å². The molecule has 2 nitrogen and oxygen atoms in total. The van der Waals surface area contributed by atoms with E-state index in [-0.39, 0.29) is 17.1 Å². The van der Waals surface area contributed by atoms with Crippen molar-refractivity contribution in [3.8, 4) is 0 Å². The Balaban J connectivity index is -0.000000196. The third-order valence-electron chi connectivity index (χ3n) is 1.69. The van der Waals surface area contributed by atoms with Gasteiger partial charge >= 0.3 is 39.7 Å². The van der Waals surface area contributed by atoms with E-state index in [0.29, 0.717) is 0 Å². The van der Waals surface area contributed by atoms with E-state index < -0.39 is 0 Å². The molecule has 0 aliphatic carbocycles. The second-order valence-corrected chi connectivity index (χ2v) is 2.66. The van der Waals surface area contributed by atoms with Crippen LogP contribution >= 0.6 is 0 Å². The molecule has 2 rings (SSSR count). The van der Waals surface area contributed by atoms with Gasteiger partial charge in [-0.25, -0.2) is 12.1 Å². The van der Waals surface area contributed by atoms with Crippen LogP contribution in [0.3, 0.4) is 0 Å². The quantitative estimate of drug-likeness (QED) is 0.435. The van der Waals surface area contributed by atoms with Gasteiger partial charge in [0.05, 0.1) is 0 Å². The molecule has 0 aliphatic heterocycles. The first-order valence-corrected chi connectivity index (χ1v) is 4.85. The zero-order valence-corrected chi connectivity index (χ0v) is 11.1. The van der Waals surface area contributed by atoms with Gasteiger partial charge in [-0.2, -0.15) is 42.3 Å². The van der Waals surface area contributed by atoms with E-state index in [1.54, 1.807) is 0 Å². The molecule has 0 saturated carbocycles. The SMILES string of the molecule is C[CH-]c1ccccc1.[C-]#[O+].[C-]#[O+].[Fe+6].c1cc[cH-]c1. The average Bonchev–Trinajstić information content (AvgIpc) is 3.03. The van der Waals surface area contributed by atoms with Crippen LogP contribution in [0.2, 0.25) is 0 Å². The minimum absolute atomic E-state index is 0. The Hall–Kier alpha value is -1.56. The van der Waals surface area contributed by atoms with Crippen LogP contribution in [0.15, 0.2) is 60.7 Å². The summed E-state index contributed by atoms with van der Waals surface area (Å²) in [6.45, 7) is 11.0. The van der Waals surface area contributed by atoms with Crippen LogP contribution in [0, 0.1) is 19.7 Å². The zero-order valence-electron chi connectivity index (χ0n) is 10.0. The molecule has 2 aromatic carbocycles. The van der Waals surface area contributed by atoms with Crippen molar-refractivity contribution >= 4 is 0 Å². The van der Waals surface area contributed by atoms with Crippen molar-refractivity contribution in [2.45, 2.75) is 6.92 Å². The fraction of sp³-hybridized carbons (Fsp3) is 0.0667. The van der Waals surface area contributed by atoms with Crippen LogP contribution in [-0.4, -0.2) is 0 Å². The van der Waals surface area contributed by atoms with E-state index in [2.05, 4.69) is 31.9 Å². The molecule has 0 unspecified atom stereocenters. The molecule has 0 N–H and O–H groups in total. The van der Waals surface area contributed by atoms with Crippen molar-refractivity contribution in [3.63, 3.8) is 0 Å². The van der Waals surface area contributed by atoms with Gasteiger partial charge in [0.25, 0.3) is 0 Å². The smallest absolute Gasteiger partial charge is 0.214 e. The molecular formula is C15H14FeO2+4. The molecule has 0 aliphatic rings. The number of hydrogen-bond donors (Lipinski definition) is 0. The Morgan fingerprint density at radius 3 is 1.56 bits per heavy atom. The van der Waals surface area contributed by atoms with Crippen molar-refractivity contribution < 1.29 is 26.4 Å². The fourth-order valence-electron chi connectivity index (χ4n) is 0.966. The molecule has 0 atom stereocenters. The van der Waals surface area contributed by atoms with Crippen LogP contribution in [-0.2, 0) is 26.4 Å². The summed E-state index contributed by atoms with van der Waals surface area (Å²) >= 11 is 0. The maximum atomic E-state index is 7.50. The van der Waals surface area contributed by atoms with Crippen molar-refractivity contribution in [2.75, 3.05) is 0 Å². The van der Waals surface area contributed by atoms with Crippen molar-refractivity contribution in [2.24, 2.45) is 0 Å². The van der Waals surface area contributed by atoms with Gasteiger partial charge in [-0.1, -0.05) is 13.0 Å². The van der Waals surface area contributed by atoms with Crippen LogP contribution in [0.5, 0.6) is 0 Å². The second kappa shape index (κ2) is 20.8. The summed E-state index contributed by atoms with van der Waals surface area (Å²) in [5.41, 5.74) is 1.28. The first kappa shape index (κ1) is 21.7. The minimum atomic E-state index is 0. The van der Waals surface area contributed by atoms with Gasteiger partial charge in [-0.3, -0.25) is 0 Å². The Kier molecular flexibility index (Phi) is 25.1. The van der Waals surface area contributed by atoms with Gasteiger partial charge in [-0.05, 0) is 0 Å². The molecule has 0 aromatic heterocycles. The Bertz CT molecular complexity index is 340. The van der Waals surface area contributed by atoms with Gasteiger partial charge in [0.15, 0.2) is 0 Å². The maximum absolute atomic E-state index is 7.50. The van der Waals surface area contributed by atoms with E-state index in [9.17, 15) is 0 Å². The summed E-state index contributed by atoms with van der Waals surface area (Å²) < 4.78 is 15.0. The van der Waals surface area contributed by atoms with Crippen molar-refractivity contribution in [1.82, 2.24) is 0 Å². The van der Waals surface area contributed by atoms with Crippen molar-refractivity contribution in [1.29, 1.82) is 0 Å². The number of hydrogen-bond acceptors (Lipinski definition) is 0. The zero-order chi connectivity index (χ0) is 13.4. The van der Waals surface area contributed by atoms with E-state index in [1.807, 2.05) is 55.5 Å².